The Bertz CT molecular complexity index is 2560. The lowest BCUT2D eigenvalue weighted by atomic mass is 10.1. The van der Waals surface area contributed by atoms with Crippen molar-refractivity contribution >= 4 is 75.8 Å². The standard InChI is InChI=1S/C17H25N5O3.C14H11ClN2O3.C14H11IN2O3/c1-3-4-5-6-11-25-16-8-7-14(12-15(16)22(23)24)13(2)20-21-17-18-9-10-19-17;15-11-3-1-2-10(7-11)14(20)17-16-8-9-4-5-12(18)13(19)6-9;15-11-6-2-1-5-10(11)14(20)17-16-8-9-4-3-7-12(18)13(9)19/h7-8,12H,3-6,9-11H2,1-2H3,(H2,18,19,21);2*1-8,18-19H,(H,17,20)/b20-13+;2*16-8+. The van der Waals surface area contributed by atoms with Gasteiger partial charge in [-0.2, -0.15) is 15.3 Å². The van der Waals surface area contributed by atoms with E-state index in [0.29, 0.717) is 63.4 Å². The first kappa shape index (κ1) is 50.4. The maximum atomic E-state index is 11.9. The van der Waals surface area contributed by atoms with Crippen LogP contribution in [0.2, 0.25) is 5.02 Å². The second kappa shape index (κ2) is 26.4. The lowest BCUT2D eigenvalue weighted by molar-refractivity contribution is -0.385. The summed E-state index contributed by atoms with van der Waals surface area (Å²) >= 11 is 7.84. The van der Waals surface area contributed by atoms with Crippen LogP contribution in [0.1, 0.15) is 76.9 Å². The van der Waals surface area contributed by atoms with Crippen molar-refractivity contribution in [3.05, 3.63) is 150 Å². The number of halogens is 2. The molecule has 0 aliphatic carbocycles. The van der Waals surface area contributed by atoms with Crippen molar-refractivity contribution in [2.45, 2.75) is 39.5 Å². The van der Waals surface area contributed by atoms with Crippen LogP contribution in [0.3, 0.4) is 0 Å². The number of nitrogens with zero attached hydrogens (tertiary/aromatic N) is 5. The Balaban J connectivity index is 0.000000215. The number of aliphatic imine (C=N–C) groups is 1. The molecular weight excluding hydrogens is 973 g/mol. The van der Waals surface area contributed by atoms with Gasteiger partial charge in [0.15, 0.2) is 28.7 Å². The fourth-order valence-electron chi connectivity index (χ4n) is 5.39. The van der Waals surface area contributed by atoms with E-state index in [4.69, 9.17) is 21.4 Å². The molecule has 0 radical (unpaired) electrons. The first-order valence-electron chi connectivity index (χ1n) is 20.0. The highest BCUT2D eigenvalue weighted by Gasteiger charge is 2.17. The zero-order chi connectivity index (χ0) is 47.1. The summed E-state index contributed by atoms with van der Waals surface area (Å²) in [6, 6.07) is 27.2. The maximum absolute atomic E-state index is 11.9. The second-order valence-electron chi connectivity index (χ2n) is 13.7. The number of ether oxygens (including phenoxy) is 1. The molecule has 340 valence electrons. The van der Waals surface area contributed by atoms with Crippen molar-refractivity contribution in [3.8, 4) is 28.7 Å². The van der Waals surface area contributed by atoms with Gasteiger partial charge in [0.2, 0.25) is 5.96 Å². The van der Waals surface area contributed by atoms with Gasteiger partial charge in [0.05, 0.1) is 41.8 Å². The lowest BCUT2D eigenvalue weighted by Crippen LogP contribution is -2.30. The van der Waals surface area contributed by atoms with Crippen molar-refractivity contribution in [2.75, 3.05) is 19.7 Å². The fourth-order valence-corrected chi connectivity index (χ4v) is 6.21. The van der Waals surface area contributed by atoms with Crippen molar-refractivity contribution in [2.24, 2.45) is 20.3 Å². The van der Waals surface area contributed by atoms with Gasteiger partial charge >= 0.3 is 5.69 Å². The third kappa shape index (κ3) is 16.8. The molecule has 20 heteroatoms. The minimum Gasteiger partial charge on any atom is -0.504 e. The molecule has 5 aromatic carbocycles. The van der Waals surface area contributed by atoms with Crippen LogP contribution in [0.5, 0.6) is 28.7 Å². The normalized spacial score (nSPS) is 11.9. The van der Waals surface area contributed by atoms with Crippen LogP contribution in [0, 0.1) is 13.7 Å². The van der Waals surface area contributed by atoms with Gasteiger partial charge in [0.1, 0.15) is 0 Å². The monoisotopic (exact) mass is 1020 g/mol. The number of hydrazone groups is 3. The zero-order valence-corrected chi connectivity index (χ0v) is 38.2. The summed E-state index contributed by atoms with van der Waals surface area (Å²) in [5, 5.41) is 63.9. The molecule has 0 aromatic heterocycles. The van der Waals surface area contributed by atoms with Crippen LogP contribution in [-0.4, -0.2) is 81.0 Å². The molecule has 0 bridgehead atoms. The molecule has 0 saturated heterocycles. The number of unbranched alkanes of at least 4 members (excludes halogenated alkanes) is 3. The second-order valence-corrected chi connectivity index (χ2v) is 15.3. The number of hydrogen-bond donors (Lipinski definition) is 8. The summed E-state index contributed by atoms with van der Waals surface area (Å²) in [5.74, 6) is -0.815. The average Bonchev–Trinajstić information content (AvgIpc) is 3.82. The van der Waals surface area contributed by atoms with Gasteiger partial charge in [-0.25, -0.2) is 21.3 Å². The Labute approximate surface area is 393 Å². The Kier molecular flexibility index (Phi) is 20.5. The van der Waals surface area contributed by atoms with Gasteiger partial charge < -0.3 is 30.5 Å². The number of carbonyl (C=O) groups excluding carboxylic acids is 2. The van der Waals surface area contributed by atoms with Crippen LogP contribution >= 0.6 is 34.2 Å². The lowest BCUT2D eigenvalue weighted by Gasteiger charge is -2.09. The van der Waals surface area contributed by atoms with Gasteiger partial charge in [-0.1, -0.05) is 62.1 Å². The predicted molar refractivity (Wildman–Crippen MR) is 259 cm³/mol. The van der Waals surface area contributed by atoms with Crippen LogP contribution in [0.4, 0.5) is 5.69 Å². The molecule has 0 fully saturated rings. The number of carbonyl (C=O) groups is 2. The van der Waals surface area contributed by atoms with Crippen LogP contribution in [-0.2, 0) is 0 Å². The van der Waals surface area contributed by atoms with E-state index >= 15 is 0 Å². The molecular formula is C45H47ClIN9O9. The number of aromatic hydroxyl groups is 4. The van der Waals surface area contributed by atoms with E-state index in [1.165, 1.54) is 42.8 Å². The van der Waals surface area contributed by atoms with Crippen molar-refractivity contribution in [3.63, 3.8) is 0 Å². The average molecular weight is 1020 g/mol. The number of amides is 2. The van der Waals surface area contributed by atoms with Crippen molar-refractivity contribution < 1.29 is 39.7 Å². The number of para-hydroxylation sites is 1. The Morgan fingerprint density at radius 3 is 2.32 bits per heavy atom. The molecule has 65 heavy (non-hydrogen) atoms. The zero-order valence-electron chi connectivity index (χ0n) is 35.2. The number of guanidine groups is 1. The third-order valence-electron chi connectivity index (χ3n) is 8.83. The Morgan fingerprint density at radius 2 is 1.62 bits per heavy atom. The molecule has 0 saturated carbocycles. The summed E-state index contributed by atoms with van der Waals surface area (Å²) in [4.78, 5) is 38.7. The van der Waals surface area contributed by atoms with Gasteiger partial charge in [0, 0.05) is 37.9 Å². The van der Waals surface area contributed by atoms with Gasteiger partial charge in [-0.15, -0.1) is 0 Å². The topological polar surface area (TPSA) is 265 Å². The van der Waals surface area contributed by atoms with Crippen molar-refractivity contribution in [1.29, 1.82) is 0 Å². The molecule has 1 aliphatic rings. The number of hydrogen-bond acceptors (Lipinski definition) is 15. The molecule has 0 unspecified atom stereocenters. The molecule has 0 spiro atoms. The van der Waals surface area contributed by atoms with E-state index in [9.17, 15) is 35.0 Å². The Hall–Kier alpha value is -7.26. The smallest absolute Gasteiger partial charge is 0.311 e. The van der Waals surface area contributed by atoms with Crippen LogP contribution < -0.4 is 26.3 Å². The Morgan fingerprint density at radius 1 is 0.862 bits per heavy atom. The van der Waals surface area contributed by atoms with E-state index in [2.05, 4.69) is 71.4 Å². The molecule has 1 heterocycles. The highest BCUT2D eigenvalue weighted by Crippen LogP contribution is 2.29. The quantitative estimate of drug-likeness (QED) is 0.0125. The van der Waals surface area contributed by atoms with E-state index in [1.807, 2.05) is 12.1 Å². The first-order chi connectivity index (χ1) is 31.3. The van der Waals surface area contributed by atoms with E-state index in [-0.39, 0.29) is 34.6 Å². The number of phenols is 4. The van der Waals surface area contributed by atoms with Gasteiger partial charge in [-0.05, 0) is 114 Å². The first-order valence-corrected chi connectivity index (χ1v) is 21.4. The van der Waals surface area contributed by atoms with Crippen LogP contribution in [0.15, 0.2) is 123 Å². The van der Waals surface area contributed by atoms with Gasteiger partial charge in [-0.3, -0.25) is 19.7 Å². The van der Waals surface area contributed by atoms with Crippen molar-refractivity contribution in [1.82, 2.24) is 21.6 Å². The largest absolute Gasteiger partial charge is 0.504 e. The SMILES string of the molecule is CCCCCCOc1ccc(/C(C)=N/NC2=NCCN2)cc1[N+](=O)[O-].O=C(N/N=C/c1ccc(O)c(O)c1)c1cccc(Cl)c1.O=C(N/N=C/c1cccc(O)c1O)c1ccccc1I. The van der Waals surface area contributed by atoms with E-state index < -0.39 is 10.8 Å². The van der Waals surface area contributed by atoms with Gasteiger partial charge in [0.25, 0.3) is 11.8 Å². The number of phenolic OH excluding ortho intramolecular Hbond substituents is 4. The molecule has 6 rings (SSSR count). The summed E-state index contributed by atoms with van der Waals surface area (Å²) in [6.45, 7) is 5.91. The maximum Gasteiger partial charge on any atom is 0.311 e. The predicted octanol–water partition coefficient (Wildman–Crippen LogP) is 7.81. The fraction of sp³-hybridized carbons (Fsp3) is 0.200. The number of nitro groups is 1. The summed E-state index contributed by atoms with van der Waals surface area (Å²) < 4.78 is 6.41. The molecule has 1 aliphatic heterocycles. The highest BCUT2D eigenvalue weighted by molar-refractivity contribution is 14.1. The molecule has 2 amide bonds. The summed E-state index contributed by atoms with van der Waals surface area (Å²) in [7, 11) is 0. The van der Waals surface area contributed by atoms with Crippen LogP contribution in [0.25, 0.3) is 0 Å². The third-order valence-corrected chi connectivity index (χ3v) is 10.0. The molecule has 18 nitrogen and oxygen atoms in total. The highest BCUT2D eigenvalue weighted by atomic mass is 127. The molecule has 8 N–H and O–H groups in total. The minimum absolute atomic E-state index is 0.0427. The summed E-state index contributed by atoms with van der Waals surface area (Å²) in [6.07, 6.45) is 6.87. The minimum atomic E-state index is -0.422. The summed E-state index contributed by atoms with van der Waals surface area (Å²) in [5.41, 5.74) is 10.5. The number of nitrogens with one attached hydrogen (secondary N) is 4. The molecule has 5 aromatic rings. The molecule has 0 atom stereocenters. The number of nitro benzene ring substituents is 1. The number of rotatable bonds is 15. The van der Waals surface area contributed by atoms with E-state index in [0.717, 1.165) is 35.8 Å². The van der Waals surface area contributed by atoms with E-state index in [1.54, 1.807) is 67.6 Å². The number of benzene rings is 5.